The van der Waals surface area contributed by atoms with Crippen LogP contribution in [0.25, 0.3) is 0 Å². The van der Waals surface area contributed by atoms with Crippen LogP contribution < -0.4 is 10.6 Å². The van der Waals surface area contributed by atoms with Crippen LogP contribution in [0, 0.1) is 5.92 Å². The number of aromatic nitrogens is 2. The Morgan fingerprint density at radius 1 is 1.31 bits per heavy atom. The van der Waals surface area contributed by atoms with Crippen LogP contribution in [0.2, 0.25) is 0 Å². The van der Waals surface area contributed by atoms with Crippen LogP contribution in [-0.2, 0) is 22.5 Å². The molecule has 0 aromatic carbocycles. The van der Waals surface area contributed by atoms with Gasteiger partial charge in [-0.15, -0.1) is 0 Å². The lowest BCUT2D eigenvalue weighted by Gasteiger charge is -2.21. The third-order valence-electron chi connectivity index (χ3n) is 5.49. The van der Waals surface area contributed by atoms with E-state index in [1.165, 1.54) is 32.1 Å². The van der Waals surface area contributed by atoms with E-state index in [0.29, 0.717) is 38.1 Å². The summed E-state index contributed by atoms with van der Waals surface area (Å²) in [6, 6.07) is 0.0306. The van der Waals surface area contributed by atoms with Gasteiger partial charge in [0.05, 0.1) is 36.6 Å². The molecule has 1 atom stereocenters. The quantitative estimate of drug-likeness (QED) is 0.689. The first-order chi connectivity index (χ1) is 12.7. The number of rotatable bonds is 8. The fraction of sp³-hybridized carbons (Fsp3) is 0.737. The Balaban J connectivity index is 1.44. The maximum atomic E-state index is 12.3. The Labute approximate surface area is 154 Å². The zero-order valence-corrected chi connectivity index (χ0v) is 15.6. The summed E-state index contributed by atoms with van der Waals surface area (Å²) in [5, 5.41) is 10.2. The summed E-state index contributed by atoms with van der Waals surface area (Å²) in [5.41, 5.74) is 1.50. The van der Waals surface area contributed by atoms with Gasteiger partial charge in [0.25, 0.3) is 5.91 Å². The molecule has 7 heteroatoms. The highest BCUT2D eigenvalue weighted by atomic mass is 16.5. The van der Waals surface area contributed by atoms with Crippen LogP contribution in [0.5, 0.6) is 0 Å². The standard InChI is InChI=1S/C19H30N4O3/c1-26-10-9-20-19(25)16-12-21-23-13-15(11-17(16)23)22-18(24)8-7-14-5-3-2-4-6-14/h12,14-15H,2-11,13H2,1H3,(H,20,25)(H,22,24)/t15-/m0/s1. The van der Waals surface area contributed by atoms with Crippen LogP contribution in [0.4, 0.5) is 0 Å². The maximum Gasteiger partial charge on any atom is 0.254 e. The van der Waals surface area contributed by atoms with Crippen LogP contribution in [0.15, 0.2) is 6.20 Å². The minimum absolute atomic E-state index is 0.0306. The summed E-state index contributed by atoms with van der Waals surface area (Å²) < 4.78 is 6.78. The van der Waals surface area contributed by atoms with E-state index in [1.807, 2.05) is 4.68 Å². The molecule has 3 rings (SSSR count). The van der Waals surface area contributed by atoms with Gasteiger partial charge in [0, 0.05) is 26.5 Å². The van der Waals surface area contributed by atoms with E-state index in [0.717, 1.165) is 18.0 Å². The van der Waals surface area contributed by atoms with Crippen LogP contribution in [0.3, 0.4) is 0 Å². The predicted molar refractivity (Wildman–Crippen MR) is 97.9 cm³/mol. The first-order valence-corrected chi connectivity index (χ1v) is 9.78. The molecule has 2 heterocycles. The molecule has 144 valence electrons. The fourth-order valence-corrected chi connectivity index (χ4v) is 4.05. The second-order valence-corrected chi connectivity index (χ2v) is 7.45. The molecule has 1 aliphatic carbocycles. The molecule has 1 saturated carbocycles. The highest BCUT2D eigenvalue weighted by Gasteiger charge is 2.28. The molecular formula is C19H30N4O3. The van der Waals surface area contributed by atoms with Crippen molar-refractivity contribution in [3.63, 3.8) is 0 Å². The van der Waals surface area contributed by atoms with Crippen molar-refractivity contribution >= 4 is 11.8 Å². The highest BCUT2D eigenvalue weighted by molar-refractivity contribution is 5.95. The van der Waals surface area contributed by atoms with Crippen molar-refractivity contribution in [3.05, 3.63) is 17.5 Å². The number of hydrogen-bond donors (Lipinski definition) is 2. The molecule has 0 radical (unpaired) electrons. The van der Waals surface area contributed by atoms with E-state index in [2.05, 4.69) is 15.7 Å². The molecular weight excluding hydrogens is 332 g/mol. The zero-order valence-electron chi connectivity index (χ0n) is 15.6. The lowest BCUT2D eigenvalue weighted by molar-refractivity contribution is -0.122. The lowest BCUT2D eigenvalue weighted by atomic mass is 9.86. The summed E-state index contributed by atoms with van der Waals surface area (Å²) in [6.45, 7) is 1.59. The monoisotopic (exact) mass is 362 g/mol. The molecule has 26 heavy (non-hydrogen) atoms. The van der Waals surface area contributed by atoms with Gasteiger partial charge in [-0.3, -0.25) is 14.3 Å². The molecule has 0 bridgehead atoms. The maximum absolute atomic E-state index is 12.3. The molecule has 1 aliphatic heterocycles. The molecule has 0 saturated heterocycles. The van der Waals surface area contributed by atoms with Crippen molar-refractivity contribution < 1.29 is 14.3 Å². The summed E-state index contributed by atoms with van der Waals surface area (Å²) >= 11 is 0. The van der Waals surface area contributed by atoms with Gasteiger partial charge in [-0.25, -0.2) is 0 Å². The molecule has 2 N–H and O–H groups in total. The summed E-state index contributed by atoms with van der Waals surface area (Å²) in [5.74, 6) is 0.709. The van der Waals surface area contributed by atoms with Gasteiger partial charge in [0.1, 0.15) is 0 Å². The van der Waals surface area contributed by atoms with Crippen LogP contribution in [0.1, 0.15) is 61.0 Å². The summed E-state index contributed by atoms with van der Waals surface area (Å²) in [6.07, 6.45) is 10.4. The summed E-state index contributed by atoms with van der Waals surface area (Å²) in [7, 11) is 1.60. The number of nitrogens with one attached hydrogen (secondary N) is 2. The van der Waals surface area contributed by atoms with Crippen LogP contribution in [-0.4, -0.2) is 47.9 Å². The molecule has 2 amide bonds. The number of methoxy groups -OCH3 is 1. The van der Waals surface area contributed by atoms with Crippen molar-refractivity contribution in [1.82, 2.24) is 20.4 Å². The Bertz CT molecular complexity index is 622. The van der Waals surface area contributed by atoms with Gasteiger partial charge in [0.15, 0.2) is 0 Å². The third kappa shape index (κ3) is 4.84. The number of nitrogens with zero attached hydrogens (tertiary/aromatic N) is 2. The summed E-state index contributed by atoms with van der Waals surface area (Å²) in [4.78, 5) is 24.5. The van der Waals surface area contributed by atoms with Gasteiger partial charge < -0.3 is 15.4 Å². The molecule has 1 aromatic heterocycles. The van der Waals surface area contributed by atoms with E-state index in [4.69, 9.17) is 4.74 Å². The van der Waals surface area contributed by atoms with Gasteiger partial charge in [-0.1, -0.05) is 32.1 Å². The van der Waals surface area contributed by atoms with Crippen molar-refractivity contribution in [2.75, 3.05) is 20.3 Å². The Morgan fingerprint density at radius 2 is 2.12 bits per heavy atom. The number of amides is 2. The van der Waals surface area contributed by atoms with Gasteiger partial charge in [0.2, 0.25) is 5.91 Å². The number of ether oxygens (including phenoxy) is 1. The zero-order chi connectivity index (χ0) is 18.4. The van der Waals surface area contributed by atoms with Gasteiger partial charge in [-0.05, 0) is 12.3 Å². The molecule has 1 fully saturated rings. The van der Waals surface area contributed by atoms with Gasteiger partial charge in [-0.2, -0.15) is 5.10 Å². The van der Waals surface area contributed by atoms with Crippen molar-refractivity contribution in [3.8, 4) is 0 Å². The van der Waals surface area contributed by atoms with E-state index >= 15 is 0 Å². The number of hydrogen-bond acceptors (Lipinski definition) is 4. The average molecular weight is 362 g/mol. The normalized spacial score (nSPS) is 20.0. The number of carbonyl (C=O) groups excluding carboxylic acids is 2. The molecule has 1 aromatic rings. The Morgan fingerprint density at radius 3 is 2.88 bits per heavy atom. The second-order valence-electron chi connectivity index (χ2n) is 7.45. The topological polar surface area (TPSA) is 85.2 Å². The van der Waals surface area contributed by atoms with E-state index in [-0.39, 0.29) is 17.9 Å². The Kier molecular flexibility index (Phi) is 6.66. The third-order valence-corrected chi connectivity index (χ3v) is 5.49. The largest absolute Gasteiger partial charge is 0.383 e. The SMILES string of the molecule is COCCNC(=O)c1cnn2c1C[C@H](NC(=O)CCC1CCCCC1)C2. The predicted octanol–water partition coefficient (Wildman–Crippen LogP) is 1.66. The van der Waals surface area contributed by atoms with E-state index < -0.39 is 0 Å². The number of fused-ring (bicyclic) bond motifs is 1. The van der Waals surface area contributed by atoms with E-state index in [1.54, 1.807) is 13.3 Å². The van der Waals surface area contributed by atoms with E-state index in [9.17, 15) is 9.59 Å². The van der Waals surface area contributed by atoms with Crippen molar-refractivity contribution in [2.24, 2.45) is 5.92 Å². The first-order valence-electron chi connectivity index (χ1n) is 9.78. The fourth-order valence-electron chi connectivity index (χ4n) is 4.05. The van der Waals surface area contributed by atoms with Crippen molar-refractivity contribution in [1.29, 1.82) is 0 Å². The molecule has 0 spiro atoms. The Hall–Kier alpha value is -1.89. The minimum Gasteiger partial charge on any atom is -0.383 e. The smallest absolute Gasteiger partial charge is 0.254 e. The molecule has 0 unspecified atom stereocenters. The molecule has 2 aliphatic rings. The lowest BCUT2D eigenvalue weighted by Crippen LogP contribution is -2.36. The average Bonchev–Trinajstić information content (AvgIpc) is 3.21. The number of carbonyl (C=O) groups is 2. The molecule has 7 nitrogen and oxygen atoms in total. The van der Waals surface area contributed by atoms with Crippen LogP contribution >= 0.6 is 0 Å². The minimum atomic E-state index is -0.132. The van der Waals surface area contributed by atoms with Crippen molar-refractivity contribution in [2.45, 2.75) is 64.0 Å². The first kappa shape index (κ1) is 18.9. The van der Waals surface area contributed by atoms with Gasteiger partial charge >= 0.3 is 0 Å². The second kappa shape index (κ2) is 9.16. The highest BCUT2D eigenvalue weighted by Crippen LogP contribution is 2.27.